The minimum absolute atomic E-state index is 0.335. The van der Waals surface area contributed by atoms with E-state index in [1.807, 2.05) is 37.4 Å². The van der Waals surface area contributed by atoms with Gasteiger partial charge in [-0.15, -0.1) is 0 Å². The zero-order valence-electron chi connectivity index (χ0n) is 17.9. The second-order valence-electron chi connectivity index (χ2n) is 7.03. The standard InChI is InChI=1S/C24H23N5O3/c1-4-8-32-24-20(29-21(30)5-2)10-17(13-28-24)16-9-18-19(14-27-23(18)26-12-16)15-6-7-25-22(11-15)31-3/h5-7,9-14H,2,4,8H2,1,3H3,(H,26,27)(H,29,30). The molecular formula is C24H23N5O3. The molecule has 8 nitrogen and oxygen atoms in total. The molecule has 0 saturated carbocycles. The molecule has 0 fully saturated rings. The Morgan fingerprint density at radius 2 is 1.97 bits per heavy atom. The van der Waals surface area contributed by atoms with Crippen molar-refractivity contribution < 1.29 is 14.3 Å². The quantitative estimate of drug-likeness (QED) is 0.397. The summed E-state index contributed by atoms with van der Waals surface area (Å²) in [5, 5.41) is 3.71. The maximum atomic E-state index is 11.9. The number of carbonyl (C=O) groups excluding carboxylic acids is 1. The highest BCUT2D eigenvalue weighted by molar-refractivity contribution is 6.00. The lowest BCUT2D eigenvalue weighted by Crippen LogP contribution is -2.10. The van der Waals surface area contributed by atoms with Crippen molar-refractivity contribution in [3.05, 3.63) is 61.7 Å². The number of nitrogens with zero attached hydrogens (tertiary/aromatic N) is 3. The number of aromatic nitrogens is 4. The maximum absolute atomic E-state index is 11.9. The monoisotopic (exact) mass is 429 g/mol. The van der Waals surface area contributed by atoms with Gasteiger partial charge in [0.25, 0.3) is 0 Å². The lowest BCUT2D eigenvalue weighted by molar-refractivity contribution is -0.111. The summed E-state index contributed by atoms with van der Waals surface area (Å²) in [5.41, 5.74) is 4.82. The van der Waals surface area contributed by atoms with Crippen LogP contribution in [-0.4, -0.2) is 39.6 Å². The SMILES string of the molecule is C=CC(=O)Nc1cc(-c2cnc3[nH]cc(-c4ccnc(OC)c4)c3c2)cnc1OCCC. The molecule has 0 aromatic carbocycles. The molecule has 0 aliphatic carbocycles. The van der Waals surface area contributed by atoms with E-state index < -0.39 is 0 Å². The predicted octanol–water partition coefficient (Wildman–Crippen LogP) is 4.61. The average Bonchev–Trinajstić information content (AvgIpc) is 3.26. The van der Waals surface area contributed by atoms with Gasteiger partial charge < -0.3 is 19.8 Å². The fourth-order valence-corrected chi connectivity index (χ4v) is 3.29. The van der Waals surface area contributed by atoms with Gasteiger partial charge in [0, 0.05) is 52.9 Å². The number of ether oxygens (including phenoxy) is 2. The zero-order chi connectivity index (χ0) is 22.5. The van der Waals surface area contributed by atoms with Gasteiger partial charge in [-0.2, -0.15) is 0 Å². The Hall–Kier alpha value is -4.20. The lowest BCUT2D eigenvalue weighted by atomic mass is 10.0. The number of H-pyrrole nitrogens is 1. The van der Waals surface area contributed by atoms with Crippen LogP contribution in [-0.2, 0) is 4.79 Å². The molecule has 1 amide bonds. The highest BCUT2D eigenvalue weighted by Gasteiger charge is 2.13. The van der Waals surface area contributed by atoms with Crippen molar-refractivity contribution in [2.45, 2.75) is 13.3 Å². The number of amides is 1. The molecule has 0 unspecified atom stereocenters. The van der Waals surface area contributed by atoms with Crippen LogP contribution in [0.5, 0.6) is 11.8 Å². The van der Waals surface area contributed by atoms with Crippen LogP contribution >= 0.6 is 0 Å². The van der Waals surface area contributed by atoms with E-state index in [0.29, 0.717) is 24.1 Å². The normalized spacial score (nSPS) is 10.7. The Morgan fingerprint density at radius 1 is 1.16 bits per heavy atom. The highest BCUT2D eigenvalue weighted by atomic mass is 16.5. The van der Waals surface area contributed by atoms with Crippen molar-refractivity contribution in [2.24, 2.45) is 0 Å². The molecule has 0 aliphatic heterocycles. The number of fused-ring (bicyclic) bond motifs is 1. The first-order chi connectivity index (χ1) is 15.6. The minimum Gasteiger partial charge on any atom is -0.481 e. The number of hydrogen-bond acceptors (Lipinski definition) is 6. The molecular weight excluding hydrogens is 406 g/mol. The van der Waals surface area contributed by atoms with Crippen molar-refractivity contribution in [3.8, 4) is 34.0 Å². The van der Waals surface area contributed by atoms with Crippen molar-refractivity contribution in [1.82, 2.24) is 19.9 Å². The summed E-state index contributed by atoms with van der Waals surface area (Å²) in [4.78, 5) is 28.3. The number of anilines is 1. The van der Waals surface area contributed by atoms with E-state index in [9.17, 15) is 4.79 Å². The van der Waals surface area contributed by atoms with Gasteiger partial charge >= 0.3 is 0 Å². The number of rotatable bonds is 8. The Balaban J connectivity index is 1.76. The first kappa shape index (κ1) is 21.0. The molecule has 4 rings (SSSR count). The van der Waals surface area contributed by atoms with Crippen LogP contribution in [0.4, 0.5) is 5.69 Å². The van der Waals surface area contributed by atoms with Gasteiger partial charge in [0.2, 0.25) is 17.7 Å². The number of pyridine rings is 3. The summed E-state index contributed by atoms with van der Waals surface area (Å²) in [6, 6.07) is 7.65. The number of methoxy groups -OCH3 is 1. The third-order valence-corrected chi connectivity index (χ3v) is 4.86. The molecule has 32 heavy (non-hydrogen) atoms. The van der Waals surface area contributed by atoms with Gasteiger partial charge in [-0.1, -0.05) is 13.5 Å². The molecule has 0 aliphatic rings. The number of aromatic amines is 1. The zero-order valence-corrected chi connectivity index (χ0v) is 17.9. The molecule has 0 radical (unpaired) electrons. The Morgan fingerprint density at radius 3 is 2.75 bits per heavy atom. The summed E-state index contributed by atoms with van der Waals surface area (Å²) in [7, 11) is 1.59. The maximum Gasteiger partial charge on any atom is 0.247 e. The first-order valence-electron chi connectivity index (χ1n) is 10.2. The van der Waals surface area contributed by atoms with Crippen LogP contribution in [0.3, 0.4) is 0 Å². The van der Waals surface area contributed by atoms with Crippen LogP contribution in [0.25, 0.3) is 33.3 Å². The molecule has 2 N–H and O–H groups in total. The minimum atomic E-state index is -0.335. The number of nitrogens with one attached hydrogen (secondary N) is 2. The molecule has 0 spiro atoms. The molecule has 0 saturated heterocycles. The summed E-state index contributed by atoms with van der Waals surface area (Å²) >= 11 is 0. The fraction of sp³-hybridized carbons (Fsp3) is 0.167. The third kappa shape index (κ3) is 4.29. The molecule has 0 bridgehead atoms. The topological polar surface area (TPSA) is 102 Å². The van der Waals surface area contributed by atoms with Crippen LogP contribution in [0, 0.1) is 0 Å². The summed E-state index contributed by atoms with van der Waals surface area (Å²) < 4.78 is 10.9. The Labute approximate surface area is 185 Å². The van der Waals surface area contributed by atoms with Crippen molar-refractivity contribution in [2.75, 3.05) is 19.0 Å². The van der Waals surface area contributed by atoms with Crippen LogP contribution in [0.2, 0.25) is 0 Å². The molecule has 4 heterocycles. The molecule has 162 valence electrons. The third-order valence-electron chi connectivity index (χ3n) is 4.86. The second-order valence-corrected chi connectivity index (χ2v) is 7.03. The molecule has 0 atom stereocenters. The smallest absolute Gasteiger partial charge is 0.247 e. The van der Waals surface area contributed by atoms with E-state index in [1.54, 1.807) is 25.7 Å². The fourth-order valence-electron chi connectivity index (χ4n) is 3.29. The van der Waals surface area contributed by atoms with Gasteiger partial charge in [0.1, 0.15) is 11.3 Å². The molecule has 4 aromatic rings. The van der Waals surface area contributed by atoms with E-state index >= 15 is 0 Å². The van der Waals surface area contributed by atoms with E-state index in [2.05, 4.69) is 31.8 Å². The van der Waals surface area contributed by atoms with E-state index in [-0.39, 0.29) is 5.91 Å². The summed E-state index contributed by atoms with van der Waals surface area (Å²) in [6.45, 7) is 6.01. The van der Waals surface area contributed by atoms with E-state index in [0.717, 1.165) is 39.7 Å². The van der Waals surface area contributed by atoms with Gasteiger partial charge in [-0.3, -0.25) is 4.79 Å². The number of carbonyl (C=O) groups is 1. The highest BCUT2D eigenvalue weighted by Crippen LogP contribution is 2.33. The summed E-state index contributed by atoms with van der Waals surface area (Å²) in [6.07, 6.45) is 9.12. The van der Waals surface area contributed by atoms with Crippen LogP contribution < -0.4 is 14.8 Å². The predicted molar refractivity (Wildman–Crippen MR) is 124 cm³/mol. The Kier molecular flexibility index (Phi) is 6.12. The van der Waals surface area contributed by atoms with Crippen molar-refractivity contribution in [3.63, 3.8) is 0 Å². The van der Waals surface area contributed by atoms with Crippen LogP contribution in [0.15, 0.2) is 61.7 Å². The van der Waals surface area contributed by atoms with E-state index in [4.69, 9.17) is 9.47 Å². The van der Waals surface area contributed by atoms with Gasteiger partial charge in [0.15, 0.2) is 0 Å². The van der Waals surface area contributed by atoms with E-state index in [1.165, 1.54) is 6.08 Å². The van der Waals surface area contributed by atoms with Crippen LogP contribution in [0.1, 0.15) is 13.3 Å². The molecule has 4 aromatic heterocycles. The lowest BCUT2D eigenvalue weighted by Gasteiger charge is -2.12. The second kappa shape index (κ2) is 9.30. The average molecular weight is 429 g/mol. The van der Waals surface area contributed by atoms with Crippen molar-refractivity contribution in [1.29, 1.82) is 0 Å². The van der Waals surface area contributed by atoms with Crippen molar-refractivity contribution >= 4 is 22.6 Å². The molecule has 8 heteroatoms. The van der Waals surface area contributed by atoms with Gasteiger partial charge in [-0.05, 0) is 36.3 Å². The van der Waals surface area contributed by atoms with Gasteiger partial charge in [-0.25, -0.2) is 15.0 Å². The largest absolute Gasteiger partial charge is 0.481 e. The first-order valence-corrected chi connectivity index (χ1v) is 10.2. The van der Waals surface area contributed by atoms with Gasteiger partial charge in [0.05, 0.1) is 13.7 Å². The summed E-state index contributed by atoms with van der Waals surface area (Å²) in [5.74, 6) is 0.569. The Bertz CT molecular complexity index is 1280. The number of hydrogen-bond donors (Lipinski definition) is 2.